The van der Waals surface area contributed by atoms with Crippen molar-refractivity contribution in [2.45, 2.75) is 20.0 Å². The Kier molecular flexibility index (Phi) is 5.86. The Balaban J connectivity index is 1.67. The molecule has 2 aromatic carbocycles. The lowest BCUT2D eigenvalue weighted by atomic mass is 10.1. The quantitative estimate of drug-likeness (QED) is 0.469. The van der Waals surface area contributed by atoms with E-state index in [1.165, 1.54) is 11.3 Å². The SMILES string of the molecule is COc1ccccc1-c1csc(N/N=C\c2cccc(OC(C)C)c2)n1. The molecular weight excluding hydrogens is 346 g/mol. The summed E-state index contributed by atoms with van der Waals surface area (Å²) in [5, 5.41) is 6.97. The molecule has 134 valence electrons. The van der Waals surface area contributed by atoms with Crippen molar-refractivity contribution in [3.63, 3.8) is 0 Å². The molecule has 0 aliphatic heterocycles. The van der Waals surface area contributed by atoms with Gasteiger partial charge in [-0.2, -0.15) is 5.10 Å². The van der Waals surface area contributed by atoms with E-state index in [4.69, 9.17) is 9.47 Å². The third-order valence-corrected chi connectivity index (χ3v) is 4.24. The van der Waals surface area contributed by atoms with Crippen LogP contribution >= 0.6 is 11.3 Å². The van der Waals surface area contributed by atoms with Crippen molar-refractivity contribution in [1.29, 1.82) is 0 Å². The van der Waals surface area contributed by atoms with Gasteiger partial charge in [-0.05, 0) is 43.7 Å². The summed E-state index contributed by atoms with van der Waals surface area (Å²) in [5.41, 5.74) is 5.75. The van der Waals surface area contributed by atoms with E-state index in [1.807, 2.05) is 67.8 Å². The molecule has 0 radical (unpaired) electrons. The monoisotopic (exact) mass is 367 g/mol. The fraction of sp³-hybridized carbons (Fsp3) is 0.200. The van der Waals surface area contributed by atoms with Crippen LogP contribution in [0.2, 0.25) is 0 Å². The first-order valence-electron chi connectivity index (χ1n) is 8.30. The number of rotatable bonds is 7. The third kappa shape index (κ3) is 4.61. The number of nitrogens with zero attached hydrogens (tertiary/aromatic N) is 2. The van der Waals surface area contributed by atoms with Crippen molar-refractivity contribution >= 4 is 22.7 Å². The van der Waals surface area contributed by atoms with Crippen molar-refractivity contribution in [2.75, 3.05) is 12.5 Å². The molecule has 3 aromatic rings. The van der Waals surface area contributed by atoms with Crippen LogP contribution in [-0.2, 0) is 0 Å². The van der Waals surface area contributed by atoms with Crippen molar-refractivity contribution in [1.82, 2.24) is 4.98 Å². The molecule has 0 spiro atoms. The van der Waals surface area contributed by atoms with E-state index in [2.05, 4.69) is 15.5 Å². The zero-order chi connectivity index (χ0) is 18.4. The van der Waals surface area contributed by atoms with Gasteiger partial charge in [0.1, 0.15) is 11.5 Å². The first-order valence-corrected chi connectivity index (χ1v) is 9.18. The maximum Gasteiger partial charge on any atom is 0.203 e. The lowest BCUT2D eigenvalue weighted by molar-refractivity contribution is 0.242. The molecule has 0 bridgehead atoms. The maximum atomic E-state index is 5.69. The van der Waals surface area contributed by atoms with E-state index >= 15 is 0 Å². The Bertz CT molecular complexity index is 890. The molecule has 5 nitrogen and oxygen atoms in total. The number of benzene rings is 2. The number of methoxy groups -OCH3 is 1. The fourth-order valence-corrected chi connectivity index (χ4v) is 3.07. The van der Waals surface area contributed by atoms with Gasteiger partial charge in [0.2, 0.25) is 5.13 Å². The topological polar surface area (TPSA) is 55.7 Å². The molecule has 0 atom stereocenters. The largest absolute Gasteiger partial charge is 0.496 e. The molecule has 0 saturated heterocycles. The van der Waals surface area contributed by atoms with E-state index in [9.17, 15) is 0 Å². The van der Waals surface area contributed by atoms with Gasteiger partial charge in [0.15, 0.2) is 0 Å². The van der Waals surface area contributed by atoms with Crippen molar-refractivity contribution in [2.24, 2.45) is 5.10 Å². The summed E-state index contributed by atoms with van der Waals surface area (Å²) in [6, 6.07) is 15.6. The van der Waals surface area contributed by atoms with Gasteiger partial charge in [0.05, 0.1) is 25.1 Å². The van der Waals surface area contributed by atoms with Crippen LogP contribution in [0.5, 0.6) is 11.5 Å². The van der Waals surface area contributed by atoms with Gasteiger partial charge in [0.25, 0.3) is 0 Å². The Morgan fingerprint density at radius 1 is 1.15 bits per heavy atom. The standard InChI is InChI=1S/C20H21N3O2S/c1-14(2)25-16-8-6-7-15(11-16)12-21-23-20-22-18(13-26-20)17-9-4-5-10-19(17)24-3/h4-14H,1-3H3,(H,22,23)/b21-12-. The molecule has 1 aromatic heterocycles. The van der Waals surface area contributed by atoms with Gasteiger partial charge in [-0.15, -0.1) is 11.3 Å². The first kappa shape index (κ1) is 17.9. The van der Waals surface area contributed by atoms with Gasteiger partial charge in [-0.1, -0.05) is 24.3 Å². The molecule has 0 aliphatic rings. The minimum Gasteiger partial charge on any atom is -0.496 e. The third-order valence-electron chi connectivity index (χ3n) is 3.49. The predicted molar refractivity (Wildman–Crippen MR) is 108 cm³/mol. The van der Waals surface area contributed by atoms with Crippen molar-refractivity contribution in [3.05, 3.63) is 59.5 Å². The van der Waals surface area contributed by atoms with Gasteiger partial charge in [-0.25, -0.2) is 4.98 Å². The van der Waals surface area contributed by atoms with E-state index in [-0.39, 0.29) is 6.10 Å². The van der Waals surface area contributed by atoms with Crippen LogP contribution in [0.4, 0.5) is 5.13 Å². The number of hydrazone groups is 1. The highest BCUT2D eigenvalue weighted by molar-refractivity contribution is 7.14. The molecule has 26 heavy (non-hydrogen) atoms. The molecule has 0 unspecified atom stereocenters. The minimum atomic E-state index is 0.143. The zero-order valence-electron chi connectivity index (χ0n) is 15.0. The van der Waals surface area contributed by atoms with E-state index in [0.29, 0.717) is 0 Å². The van der Waals surface area contributed by atoms with Crippen LogP contribution in [0, 0.1) is 0 Å². The summed E-state index contributed by atoms with van der Waals surface area (Å²) in [6.45, 7) is 4.01. The Labute approximate surface area is 157 Å². The second kappa shape index (κ2) is 8.49. The molecule has 0 amide bonds. The van der Waals surface area contributed by atoms with Crippen LogP contribution in [-0.4, -0.2) is 24.4 Å². The predicted octanol–water partition coefficient (Wildman–Crippen LogP) is 5.05. The number of hydrogen-bond donors (Lipinski definition) is 1. The Morgan fingerprint density at radius 3 is 2.81 bits per heavy atom. The lowest BCUT2D eigenvalue weighted by Crippen LogP contribution is -2.05. The number of anilines is 1. The number of hydrogen-bond acceptors (Lipinski definition) is 6. The maximum absolute atomic E-state index is 5.69. The fourth-order valence-electron chi connectivity index (χ4n) is 2.41. The molecule has 3 rings (SSSR count). The molecule has 0 fully saturated rings. The molecule has 1 N–H and O–H groups in total. The van der Waals surface area contributed by atoms with E-state index < -0.39 is 0 Å². The number of aromatic nitrogens is 1. The normalized spacial score (nSPS) is 11.1. The summed E-state index contributed by atoms with van der Waals surface area (Å²) in [5.74, 6) is 1.63. The lowest BCUT2D eigenvalue weighted by Gasteiger charge is -2.09. The van der Waals surface area contributed by atoms with Gasteiger partial charge >= 0.3 is 0 Å². The molecule has 0 aliphatic carbocycles. The molecule has 0 saturated carbocycles. The van der Waals surface area contributed by atoms with E-state index in [1.54, 1.807) is 13.3 Å². The van der Waals surface area contributed by atoms with Crippen LogP contribution < -0.4 is 14.9 Å². The summed E-state index contributed by atoms with van der Waals surface area (Å²) in [4.78, 5) is 4.57. The highest BCUT2D eigenvalue weighted by Gasteiger charge is 2.08. The van der Waals surface area contributed by atoms with Gasteiger partial charge in [-0.3, -0.25) is 5.43 Å². The summed E-state index contributed by atoms with van der Waals surface area (Å²) in [6.07, 6.45) is 1.89. The van der Waals surface area contributed by atoms with Crippen LogP contribution in [0.25, 0.3) is 11.3 Å². The van der Waals surface area contributed by atoms with Crippen molar-refractivity contribution in [3.8, 4) is 22.8 Å². The first-order chi connectivity index (χ1) is 12.7. The summed E-state index contributed by atoms with van der Waals surface area (Å²) >= 11 is 1.49. The second-order valence-corrected chi connectivity index (χ2v) is 6.71. The molecular formula is C20H21N3O2S. The van der Waals surface area contributed by atoms with E-state index in [0.717, 1.165) is 33.5 Å². The highest BCUT2D eigenvalue weighted by atomic mass is 32.1. The van der Waals surface area contributed by atoms with Gasteiger partial charge < -0.3 is 9.47 Å². The van der Waals surface area contributed by atoms with Gasteiger partial charge in [0, 0.05) is 10.9 Å². The average molecular weight is 367 g/mol. The van der Waals surface area contributed by atoms with Crippen molar-refractivity contribution < 1.29 is 9.47 Å². The molecule has 6 heteroatoms. The molecule has 1 heterocycles. The van der Waals surface area contributed by atoms with Crippen LogP contribution in [0.15, 0.2) is 59.0 Å². The Hall–Kier alpha value is -2.86. The second-order valence-electron chi connectivity index (χ2n) is 5.85. The number of ether oxygens (including phenoxy) is 2. The smallest absolute Gasteiger partial charge is 0.203 e. The zero-order valence-corrected chi connectivity index (χ0v) is 15.8. The van der Waals surface area contributed by atoms with Crippen LogP contribution in [0.1, 0.15) is 19.4 Å². The minimum absolute atomic E-state index is 0.143. The number of thiazole rings is 1. The summed E-state index contributed by atoms with van der Waals surface area (Å²) < 4.78 is 11.1. The van der Waals surface area contributed by atoms with Crippen LogP contribution in [0.3, 0.4) is 0 Å². The number of nitrogens with one attached hydrogen (secondary N) is 1. The highest BCUT2D eigenvalue weighted by Crippen LogP contribution is 2.31. The summed E-state index contributed by atoms with van der Waals surface area (Å²) in [7, 11) is 1.66. The number of para-hydroxylation sites is 1. The Morgan fingerprint density at radius 2 is 2.00 bits per heavy atom. The average Bonchev–Trinajstić information content (AvgIpc) is 3.10.